The number of anilines is 2. The van der Waals surface area contributed by atoms with E-state index < -0.39 is 17.9 Å². The Morgan fingerprint density at radius 3 is 2.71 bits per heavy atom. The molecule has 1 heterocycles. The molecule has 0 bridgehead atoms. The second kappa shape index (κ2) is 5.43. The summed E-state index contributed by atoms with van der Waals surface area (Å²) < 4.78 is 0. The van der Waals surface area contributed by atoms with Crippen LogP contribution in [0.3, 0.4) is 0 Å². The number of likely N-dealkylation sites (N-methyl/N-ethyl adjacent to an activating group) is 1. The van der Waals surface area contributed by atoms with Crippen molar-refractivity contribution in [2.45, 2.75) is 25.9 Å². The molecule has 1 aliphatic rings. The fourth-order valence-corrected chi connectivity index (χ4v) is 2.05. The Morgan fingerprint density at radius 2 is 2.10 bits per heavy atom. The maximum atomic E-state index is 12.0. The minimum Gasteiger partial charge on any atom is -0.480 e. The van der Waals surface area contributed by atoms with Gasteiger partial charge in [-0.15, -0.1) is 0 Å². The SMILES string of the molecule is CC1C(=O)Nc2cc(C(=O)N[C@H](C)C(=O)O)ccc2N1C. The molecule has 2 rings (SSSR count). The predicted octanol–water partition coefficient (Wildman–Crippen LogP) is 0.666. The molecule has 2 amide bonds. The Balaban J connectivity index is 2.26. The van der Waals surface area contributed by atoms with Gasteiger partial charge in [-0.3, -0.25) is 14.4 Å². The molecule has 0 spiro atoms. The summed E-state index contributed by atoms with van der Waals surface area (Å²) in [6.07, 6.45) is 0. The zero-order chi connectivity index (χ0) is 15.7. The lowest BCUT2D eigenvalue weighted by Gasteiger charge is -2.33. The zero-order valence-corrected chi connectivity index (χ0v) is 12.0. The van der Waals surface area contributed by atoms with E-state index >= 15 is 0 Å². The van der Waals surface area contributed by atoms with Gasteiger partial charge in [0.2, 0.25) is 5.91 Å². The van der Waals surface area contributed by atoms with Gasteiger partial charge < -0.3 is 20.6 Å². The molecule has 112 valence electrons. The van der Waals surface area contributed by atoms with Crippen LogP contribution in [-0.4, -0.2) is 42.0 Å². The van der Waals surface area contributed by atoms with Crippen molar-refractivity contribution in [3.63, 3.8) is 0 Å². The summed E-state index contributed by atoms with van der Waals surface area (Å²) in [6, 6.07) is 3.60. The van der Waals surface area contributed by atoms with Crippen LogP contribution in [0.15, 0.2) is 18.2 Å². The standard InChI is InChI=1S/C14H17N3O4/c1-7(14(20)21)15-13(19)9-4-5-11-10(6-9)16-12(18)8(2)17(11)3/h4-8H,1-3H3,(H,15,19)(H,16,18)(H,20,21)/t7-,8?/m1/s1. The van der Waals surface area contributed by atoms with Gasteiger partial charge in [0.25, 0.3) is 5.91 Å². The Kier molecular flexibility index (Phi) is 3.84. The molecule has 2 atom stereocenters. The molecule has 1 aliphatic heterocycles. The molecule has 0 aliphatic carbocycles. The number of carboxylic acids is 1. The molecule has 1 unspecified atom stereocenters. The van der Waals surface area contributed by atoms with E-state index in [0.29, 0.717) is 11.3 Å². The first kappa shape index (κ1) is 14.8. The number of benzene rings is 1. The van der Waals surface area contributed by atoms with Crippen LogP contribution in [0.4, 0.5) is 11.4 Å². The summed E-state index contributed by atoms with van der Waals surface area (Å²) in [5.74, 6) is -1.76. The first-order valence-corrected chi connectivity index (χ1v) is 6.52. The molecule has 21 heavy (non-hydrogen) atoms. The van der Waals surface area contributed by atoms with Crippen LogP contribution in [0, 0.1) is 0 Å². The molecule has 1 aromatic carbocycles. The molecule has 0 fully saturated rings. The van der Waals surface area contributed by atoms with Crippen molar-refractivity contribution in [2.75, 3.05) is 17.3 Å². The maximum Gasteiger partial charge on any atom is 0.325 e. The van der Waals surface area contributed by atoms with Gasteiger partial charge in [-0.2, -0.15) is 0 Å². The van der Waals surface area contributed by atoms with Crippen molar-refractivity contribution < 1.29 is 19.5 Å². The highest BCUT2D eigenvalue weighted by Crippen LogP contribution is 2.31. The number of nitrogens with one attached hydrogen (secondary N) is 2. The molecule has 0 saturated heterocycles. The van der Waals surface area contributed by atoms with Gasteiger partial charge in [-0.25, -0.2) is 0 Å². The van der Waals surface area contributed by atoms with E-state index in [9.17, 15) is 14.4 Å². The highest BCUT2D eigenvalue weighted by atomic mass is 16.4. The fraction of sp³-hybridized carbons (Fsp3) is 0.357. The number of carbonyl (C=O) groups excluding carboxylic acids is 2. The molecular formula is C14H17N3O4. The minimum atomic E-state index is -1.11. The van der Waals surface area contributed by atoms with E-state index in [2.05, 4.69) is 10.6 Å². The molecule has 7 heteroatoms. The first-order chi connectivity index (χ1) is 9.81. The Hall–Kier alpha value is -2.57. The van der Waals surface area contributed by atoms with Gasteiger partial charge in [0.05, 0.1) is 11.4 Å². The van der Waals surface area contributed by atoms with Crippen molar-refractivity contribution in [1.29, 1.82) is 0 Å². The minimum absolute atomic E-state index is 0.151. The van der Waals surface area contributed by atoms with E-state index in [1.807, 2.05) is 4.90 Å². The summed E-state index contributed by atoms with van der Waals surface area (Å²) in [5.41, 5.74) is 1.64. The number of fused-ring (bicyclic) bond motifs is 1. The first-order valence-electron chi connectivity index (χ1n) is 6.52. The molecule has 7 nitrogen and oxygen atoms in total. The predicted molar refractivity (Wildman–Crippen MR) is 77.5 cm³/mol. The fourth-order valence-electron chi connectivity index (χ4n) is 2.05. The third kappa shape index (κ3) is 2.81. The number of hydrogen-bond donors (Lipinski definition) is 3. The lowest BCUT2D eigenvalue weighted by molar-refractivity contribution is -0.138. The third-order valence-corrected chi connectivity index (χ3v) is 3.58. The van der Waals surface area contributed by atoms with Gasteiger partial charge in [0.1, 0.15) is 12.1 Å². The number of amides is 2. The van der Waals surface area contributed by atoms with Crippen molar-refractivity contribution in [3.05, 3.63) is 23.8 Å². The van der Waals surface area contributed by atoms with Gasteiger partial charge in [-0.1, -0.05) is 0 Å². The van der Waals surface area contributed by atoms with E-state index in [1.54, 1.807) is 32.2 Å². The molecular weight excluding hydrogens is 274 g/mol. The maximum absolute atomic E-state index is 12.0. The van der Waals surface area contributed by atoms with E-state index in [-0.39, 0.29) is 11.9 Å². The Morgan fingerprint density at radius 1 is 1.43 bits per heavy atom. The largest absolute Gasteiger partial charge is 0.480 e. The normalized spacial score (nSPS) is 18.5. The summed E-state index contributed by atoms with van der Waals surface area (Å²) in [7, 11) is 1.80. The second-order valence-corrected chi connectivity index (χ2v) is 5.04. The quantitative estimate of drug-likeness (QED) is 0.760. The van der Waals surface area contributed by atoms with Crippen LogP contribution in [-0.2, 0) is 9.59 Å². The van der Waals surface area contributed by atoms with Crippen molar-refractivity contribution in [2.24, 2.45) is 0 Å². The van der Waals surface area contributed by atoms with E-state index in [0.717, 1.165) is 5.69 Å². The lowest BCUT2D eigenvalue weighted by atomic mass is 10.1. The van der Waals surface area contributed by atoms with Crippen LogP contribution in [0.2, 0.25) is 0 Å². The summed E-state index contributed by atoms with van der Waals surface area (Å²) in [6.45, 7) is 3.17. The molecule has 0 saturated carbocycles. The average molecular weight is 291 g/mol. The van der Waals surface area contributed by atoms with Crippen molar-refractivity contribution in [3.8, 4) is 0 Å². The van der Waals surface area contributed by atoms with Gasteiger partial charge >= 0.3 is 5.97 Å². The van der Waals surface area contributed by atoms with Crippen LogP contribution < -0.4 is 15.5 Å². The van der Waals surface area contributed by atoms with Gasteiger partial charge in [0, 0.05) is 12.6 Å². The number of nitrogens with zero attached hydrogens (tertiary/aromatic N) is 1. The lowest BCUT2D eigenvalue weighted by Crippen LogP contribution is -2.44. The topological polar surface area (TPSA) is 98.7 Å². The third-order valence-electron chi connectivity index (χ3n) is 3.58. The smallest absolute Gasteiger partial charge is 0.325 e. The Bertz CT molecular complexity index is 614. The van der Waals surface area contributed by atoms with Gasteiger partial charge in [-0.05, 0) is 32.0 Å². The molecule has 3 N–H and O–H groups in total. The molecule has 0 aromatic heterocycles. The monoisotopic (exact) mass is 291 g/mol. The molecule has 0 radical (unpaired) electrons. The van der Waals surface area contributed by atoms with E-state index in [4.69, 9.17) is 5.11 Å². The Labute approximate surface area is 121 Å². The zero-order valence-electron chi connectivity index (χ0n) is 12.0. The number of carboxylic acid groups (broad SMARTS) is 1. The highest BCUT2D eigenvalue weighted by molar-refractivity contribution is 6.05. The molecule has 1 aromatic rings. The van der Waals surface area contributed by atoms with Crippen LogP contribution in [0.5, 0.6) is 0 Å². The second-order valence-electron chi connectivity index (χ2n) is 5.04. The number of rotatable bonds is 3. The summed E-state index contributed by atoms with van der Waals surface area (Å²) in [4.78, 5) is 36.3. The average Bonchev–Trinajstić information content (AvgIpc) is 2.44. The highest BCUT2D eigenvalue weighted by Gasteiger charge is 2.27. The van der Waals surface area contributed by atoms with Crippen LogP contribution >= 0.6 is 0 Å². The summed E-state index contributed by atoms with van der Waals surface area (Å²) in [5, 5.41) is 13.9. The van der Waals surface area contributed by atoms with Crippen molar-refractivity contribution >= 4 is 29.2 Å². The number of hydrogen-bond acceptors (Lipinski definition) is 4. The van der Waals surface area contributed by atoms with Crippen LogP contribution in [0.1, 0.15) is 24.2 Å². The summed E-state index contributed by atoms with van der Waals surface area (Å²) >= 11 is 0. The number of carbonyl (C=O) groups is 3. The van der Waals surface area contributed by atoms with Crippen molar-refractivity contribution in [1.82, 2.24) is 5.32 Å². The number of aliphatic carboxylic acids is 1. The van der Waals surface area contributed by atoms with Gasteiger partial charge in [0.15, 0.2) is 0 Å². The van der Waals surface area contributed by atoms with E-state index in [1.165, 1.54) is 6.92 Å². The van der Waals surface area contributed by atoms with Crippen LogP contribution in [0.25, 0.3) is 0 Å².